The van der Waals surface area contributed by atoms with Gasteiger partial charge < -0.3 is 5.11 Å². The zero-order valence-corrected chi connectivity index (χ0v) is 13.9. The highest BCUT2D eigenvalue weighted by Crippen LogP contribution is 2.28. The van der Waals surface area contributed by atoms with Gasteiger partial charge in [-0.2, -0.15) is 0 Å². The summed E-state index contributed by atoms with van der Waals surface area (Å²) in [5, 5.41) is 10.8. The lowest BCUT2D eigenvalue weighted by Crippen LogP contribution is -2.44. The summed E-state index contributed by atoms with van der Waals surface area (Å²) in [5.74, 6) is 0. The molecule has 1 fully saturated rings. The second-order valence-electron chi connectivity index (χ2n) is 6.43. The van der Waals surface area contributed by atoms with E-state index in [1.807, 2.05) is 0 Å². The van der Waals surface area contributed by atoms with Crippen LogP contribution in [-0.4, -0.2) is 28.6 Å². The molecule has 0 radical (unpaired) electrons. The van der Waals surface area contributed by atoms with Crippen LogP contribution < -0.4 is 0 Å². The Balaban J connectivity index is 2.09. The Bertz CT molecular complexity index is 414. The quantitative estimate of drug-likeness (QED) is 0.872. The Morgan fingerprint density at radius 1 is 1.14 bits per heavy atom. The summed E-state index contributed by atoms with van der Waals surface area (Å²) in [6, 6.07) is 9.31. The van der Waals surface area contributed by atoms with Gasteiger partial charge in [0, 0.05) is 12.1 Å². The van der Waals surface area contributed by atoms with Crippen molar-refractivity contribution in [2.75, 3.05) is 6.54 Å². The van der Waals surface area contributed by atoms with Crippen molar-refractivity contribution >= 4 is 0 Å². The molecule has 2 heteroatoms. The lowest BCUT2D eigenvalue weighted by Gasteiger charge is -2.37. The number of aliphatic hydroxyl groups is 1. The smallest absolute Gasteiger partial charge is 0.0942 e. The van der Waals surface area contributed by atoms with Crippen LogP contribution in [0.3, 0.4) is 0 Å². The standard InChI is InChI=1S/C19H31NO/c1-4-16-10-12-17(13-11-16)19(21)15(3)20-14-8-6-7-9-18(20)5-2/h10-13,15,18-19,21H,4-9,14H2,1-3H3. The molecule has 1 N–H and O–H groups in total. The molecule has 0 saturated carbocycles. The van der Waals surface area contributed by atoms with Gasteiger partial charge in [-0.25, -0.2) is 0 Å². The van der Waals surface area contributed by atoms with E-state index in [0.717, 1.165) is 18.5 Å². The number of aryl methyl sites for hydroxylation is 1. The molecular formula is C19H31NO. The fourth-order valence-corrected chi connectivity index (χ4v) is 3.58. The fraction of sp³-hybridized carbons (Fsp3) is 0.684. The van der Waals surface area contributed by atoms with Crippen molar-refractivity contribution in [1.82, 2.24) is 4.90 Å². The topological polar surface area (TPSA) is 23.5 Å². The van der Waals surface area contributed by atoms with Crippen molar-refractivity contribution in [2.24, 2.45) is 0 Å². The number of likely N-dealkylation sites (tertiary alicyclic amines) is 1. The molecule has 0 bridgehead atoms. The lowest BCUT2D eigenvalue weighted by atomic mass is 9.98. The van der Waals surface area contributed by atoms with Gasteiger partial charge in [-0.3, -0.25) is 4.90 Å². The largest absolute Gasteiger partial charge is 0.387 e. The highest BCUT2D eigenvalue weighted by atomic mass is 16.3. The summed E-state index contributed by atoms with van der Waals surface area (Å²) in [6.07, 6.45) is 7.07. The minimum absolute atomic E-state index is 0.195. The number of benzene rings is 1. The Morgan fingerprint density at radius 2 is 1.86 bits per heavy atom. The highest BCUT2D eigenvalue weighted by molar-refractivity contribution is 5.25. The normalized spacial score (nSPS) is 23.5. The molecule has 0 aromatic heterocycles. The van der Waals surface area contributed by atoms with Gasteiger partial charge in [-0.05, 0) is 50.3 Å². The Hall–Kier alpha value is -0.860. The number of hydrogen-bond donors (Lipinski definition) is 1. The summed E-state index contributed by atoms with van der Waals surface area (Å²) >= 11 is 0. The Labute approximate surface area is 130 Å². The van der Waals surface area contributed by atoms with Crippen molar-refractivity contribution in [1.29, 1.82) is 0 Å². The van der Waals surface area contributed by atoms with E-state index in [0.29, 0.717) is 6.04 Å². The molecule has 1 aromatic rings. The zero-order valence-electron chi connectivity index (χ0n) is 13.9. The maximum absolute atomic E-state index is 10.8. The third-order valence-electron chi connectivity index (χ3n) is 5.10. The maximum Gasteiger partial charge on any atom is 0.0942 e. The summed E-state index contributed by atoms with van der Waals surface area (Å²) in [6.45, 7) is 7.76. The molecular weight excluding hydrogens is 258 g/mol. The van der Waals surface area contributed by atoms with Crippen molar-refractivity contribution in [3.63, 3.8) is 0 Å². The van der Waals surface area contributed by atoms with E-state index in [-0.39, 0.29) is 12.1 Å². The fourth-order valence-electron chi connectivity index (χ4n) is 3.58. The van der Waals surface area contributed by atoms with E-state index in [4.69, 9.17) is 0 Å². The summed E-state index contributed by atoms with van der Waals surface area (Å²) in [7, 11) is 0. The number of aliphatic hydroxyl groups excluding tert-OH is 1. The molecule has 1 saturated heterocycles. The molecule has 0 aliphatic carbocycles. The van der Waals surface area contributed by atoms with Gasteiger partial charge in [0.1, 0.15) is 0 Å². The first-order chi connectivity index (χ1) is 10.2. The molecule has 1 aromatic carbocycles. The predicted octanol–water partition coefficient (Wildman–Crippen LogP) is 4.33. The number of nitrogens with zero attached hydrogens (tertiary/aromatic N) is 1. The SMILES string of the molecule is CCc1ccc(C(O)C(C)N2CCCCCC2CC)cc1. The third-order valence-corrected chi connectivity index (χ3v) is 5.10. The maximum atomic E-state index is 10.8. The summed E-state index contributed by atoms with van der Waals surface area (Å²) in [5.41, 5.74) is 2.39. The minimum atomic E-state index is -0.386. The lowest BCUT2D eigenvalue weighted by molar-refractivity contribution is 0.0321. The molecule has 2 nitrogen and oxygen atoms in total. The van der Waals surface area contributed by atoms with E-state index in [1.165, 1.54) is 37.7 Å². The van der Waals surface area contributed by atoms with Crippen LogP contribution in [-0.2, 0) is 6.42 Å². The van der Waals surface area contributed by atoms with Gasteiger partial charge in [0.2, 0.25) is 0 Å². The van der Waals surface area contributed by atoms with Crippen LogP contribution in [0, 0.1) is 0 Å². The second kappa shape index (κ2) is 7.95. The second-order valence-corrected chi connectivity index (χ2v) is 6.43. The van der Waals surface area contributed by atoms with Gasteiger partial charge in [0.15, 0.2) is 0 Å². The van der Waals surface area contributed by atoms with Crippen molar-refractivity contribution < 1.29 is 5.11 Å². The summed E-state index contributed by atoms with van der Waals surface area (Å²) < 4.78 is 0. The molecule has 118 valence electrons. The molecule has 1 heterocycles. The van der Waals surface area contributed by atoms with Gasteiger partial charge >= 0.3 is 0 Å². The van der Waals surface area contributed by atoms with Crippen LogP contribution in [0.1, 0.15) is 70.1 Å². The van der Waals surface area contributed by atoms with Crippen LogP contribution in [0.4, 0.5) is 0 Å². The Morgan fingerprint density at radius 3 is 2.48 bits per heavy atom. The predicted molar refractivity (Wildman–Crippen MR) is 89.5 cm³/mol. The minimum Gasteiger partial charge on any atom is -0.387 e. The van der Waals surface area contributed by atoms with Gasteiger partial charge in [0.05, 0.1) is 6.10 Å². The van der Waals surface area contributed by atoms with Crippen LogP contribution in [0.5, 0.6) is 0 Å². The summed E-state index contributed by atoms with van der Waals surface area (Å²) in [4.78, 5) is 2.55. The first-order valence-electron chi connectivity index (χ1n) is 8.70. The van der Waals surface area contributed by atoms with E-state index in [2.05, 4.69) is 49.9 Å². The molecule has 1 aliphatic rings. The highest BCUT2D eigenvalue weighted by Gasteiger charge is 2.28. The first kappa shape index (κ1) is 16.5. The molecule has 3 unspecified atom stereocenters. The van der Waals surface area contributed by atoms with Crippen molar-refractivity contribution in [3.8, 4) is 0 Å². The van der Waals surface area contributed by atoms with Gasteiger partial charge in [-0.1, -0.05) is 51.0 Å². The average Bonchev–Trinajstić information content (AvgIpc) is 2.78. The van der Waals surface area contributed by atoms with Crippen LogP contribution >= 0.6 is 0 Å². The van der Waals surface area contributed by atoms with Crippen LogP contribution in [0.2, 0.25) is 0 Å². The van der Waals surface area contributed by atoms with Gasteiger partial charge in [-0.15, -0.1) is 0 Å². The zero-order chi connectivity index (χ0) is 15.2. The van der Waals surface area contributed by atoms with Crippen molar-refractivity contribution in [3.05, 3.63) is 35.4 Å². The monoisotopic (exact) mass is 289 g/mol. The first-order valence-corrected chi connectivity index (χ1v) is 8.70. The number of rotatable bonds is 5. The van der Waals surface area contributed by atoms with E-state index < -0.39 is 0 Å². The van der Waals surface area contributed by atoms with E-state index >= 15 is 0 Å². The molecule has 3 atom stereocenters. The third kappa shape index (κ3) is 4.08. The molecule has 21 heavy (non-hydrogen) atoms. The van der Waals surface area contributed by atoms with Crippen molar-refractivity contribution in [2.45, 2.75) is 77.5 Å². The average molecular weight is 289 g/mol. The van der Waals surface area contributed by atoms with Gasteiger partial charge in [0.25, 0.3) is 0 Å². The molecule has 1 aliphatic heterocycles. The van der Waals surface area contributed by atoms with Crippen LogP contribution in [0.15, 0.2) is 24.3 Å². The Kier molecular flexibility index (Phi) is 6.25. The molecule has 0 amide bonds. The molecule has 2 rings (SSSR count). The van der Waals surface area contributed by atoms with E-state index in [9.17, 15) is 5.11 Å². The van der Waals surface area contributed by atoms with Crippen LogP contribution in [0.25, 0.3) is 0 Å². The number of hydrogen-bond acceptors (Lipinski definition) is 2. The molecule has 0 spiro atoms. The van der Waals surface area contributed by atoms with E-state index in [1.54, 1.807) is 0 Å².